The van der Waals surface area contributed by atoms with Crippen molar-refractivity contribution in [3.05, 3.63) is 10.6 Å². The normalized spacial score (nSPS) is 9.94. The van der Waals surface area contributed by atoms with Gasteiger partial charge in [-0.3, -0.25) is 4.79 Å². The van der Waals surface area contributed by atoms with E-state index < -0.39 is 5.97 Å². The quantitative estimate of drug-likeness (QED) is 0.759. The molecule has 0 fully saturated rings. The van der Waals surface area contributed by atoms with Crippen LogP contribution < -0.4 is 10.6 Å². The van der Waals surface area contributed by atoms with E-state index in [1.165, 1.54) is 18.4 Å². The van der Waals surface area contributed by atoms with Gasteiger partial charge >= 0.3 is 5.97 Å². The van der Waals surface area contributed by atoms with Crippen LogP contribution in [0.2, 0.25) is 0 Å². The number of methoxy groups -OCH3 is 1. The van der Waals surface area contributed by atoms with Gasteiger partial charge in [0.2, 0.25) is 5.91 Å². The molecule has 0 aliphatic heterocycles. The van der Waals surface area contributed by atoms with Crippen LogP contribution in [0.1, 0.15) is 28.7 Å². The van der Waals surface area contributed by atoms with Gasteiger partial charge in [-0.15, -0.1) is 0 Å². The molecule has 1 aromatic heterocycles. The van der Waals surface area contributed by atoms with Crippen LogP contribution in [0, 0.1) is 6.92 Å². The number of rotatable bonds is 6. The van der Waals surface area contributed by atoms with E-state index in [0.717, 1.165) is 6.42 Å². The predicted molar refractivity (Wildman–Crippen MR) is 70.0 cm³/mol. The molecule has 1 aromatic rings. The Morgan fingerprint density at radius 2 is 2.17 bits per heavy atom. The van der Waals surface area contributed by atoms with Crippen LogP contribution in [0.5, 0.6) is 0 Å². The Balaban J connectivity index is 2.53. The number of aryl methyl sites for hydroxylation is 1. The first-order chi connectivity index (χ1) is 8.58. The molecule has 0 radical (unpaired) electrons. The Bertz CT molecular complexity index is 431. The van der Waals surface area contributed by atoms with Crippen LogP contribution in [0.4, 0.5) is 5.13 Å². The third kappa shape index (κ3) is 3.99. The van der Waals surface area contributed by atoms with Crippen LogP contribution >= 0.6 is 11.3 Å². The molecular weight excluding hydrogens is 254 g/mol. The van der Waals surface area contributed by atoms with Crippen molar-refractivity contribution in [2.75, 3.05) is 25.5 Å². The summed E-state index contributed by atoms with van der Waals surface area (Å²) >= 11 is 1.18. The largest absolute Gasteiger partial charge is 0.465 e. The Labute approximate surface area is 110 Å². The van der Waals surface area contributed by atoms with Crippen LogP contribution in [0.3, 0.4) is 0 Å². The number of carbonyl (C=O) groups excluding carboxylic acids is 2. The topological polar surface area (TPSA) is 80.3 Å². The van der Waals surface area contributed by atoms with Gasteiger partial charge in [-0.2, -0.15) is 0 Å². The Hall–Kier alpha value is -1.63. The van der Waals surface area contributed by atoms with E-state index in [1.54, 1.807) is 6.92 Å². The van der Waals surface area contributed by atoms with Crippen LogP contribution in [0.15, 0.2) is 0 Å². The lowest BCUT2D eigenvalue weighted by atomic mass is 10.4. The minimum atomic E-state index is -0.409. The van der Waals surface area contributed by atoms with E-state index in [2.05, 4.69) is 20.4 Å². The molecule has 0 atom stereocenters. The highest BCUT2D eigenvalue weighted by Crippen LogP contribution is 2.22. The molecule has 18 heavy (non-hydrogen) atoms. The van der Waals surface area contributed by atoms with Crippen molar-refractivity contribution in [1.82, 2.24) is 10.3 Å². The Kier molecular flexibility index (Phi) is 5.57. The molecule has 0 saturated heterocycles. The molecule has 0 saturated carbocycles. The van der Waals surface area contributed by atoms with Crippen LogP contribution in [-0.2, 0) is 9.53 Å². The molecule has 0 unspecified atom stereocenters. The molecule has 1 amide bonds. The number of aromatic nitrogens is 1. The smallest absolute Gasteiger partial charge is 0.350 e. The number of ether oxygens (including phenoxy) is 1. The SMILES string of the molecule is CCCNC(=O)CNc1nc(C)c(C(=O)OC)s1. The number of hydrogen-bond acceptors (Lipinski definition) is 6. The van der Waals surface area contributed by atoms with Crippen molar-refractivity contribution in [3.63, 3.8) is 0 Å². The molecule has 100 valence electrons. The third-order valence-electron chi connectivity index (χ3n) is 2.14. The average Bonchev–Trinajstić information content (AvgIpc) is 2.74. The number of carbonyl (C=O) groups is 2. The fourth-order valence-corrected chi connectivity index (χ4v) is 2.12. The minimum Gasteiger partial charge on any atom is -0.465 e. The zero-order valence-corrected chi connectivity index (χ0v) is 11.5. The van der Waals surface area contributed by atoms with Crippen molar-refractivity contribution in [3.8, 4) is 0 Å². The van der Waals surface area contributed by atoms with Gasteiger partial charge in [0.15, 0.2) is 5.13 Å². The predicted octanol–water partition coefficient (Wildman–Crippen LogP) is 1.18. The first-order valence-electron chi connectivity index (χ1n) is 5.64. The summed E-state index contributed by atoms with van der Waals surface area (Å²) in [7, 11) is 1.33. The number of nitrogens with zero attached hydrogens (tertiary/aromatic N) is 1. The van der Waals surface area contributed by atoms with Crippen molar-refractivity contribution in [1.29, 1.82) is 0 Å². The summed E-state index contributed by atoms with van der Waals surface area (Å²) in [5, 5.41) is 6.16. The highest BCUT2D eigenvalue weighted by Gasteiger charge is 2.15. The summed E-state index contributed by atoms with van der Waals surface area (Å²) in [4.78, 5) is 27.3. The molecule has 0 aliphatic carbocycles. The molecule has 0 aromatic carbocycles. The fourth-order valence-electron chi connectivity index (χ4n) is 1.24. The van der Waals surface area contributed by atoms with Crippen LogP contribution in [0.25, 0.3) is 0 Å². The maximum atomic E-state index is 11.4. The minimum absolute atomic E-state index is 0.0932. The second-order valence-electron chi connectivity index (χ2n) is 3.63. The molecule has 1 rings (SSSR count). The van der Waals surface area contributed by atoms with Gasteiger partial charge < -0.3 is 15.4 Å². The van der Waals surface area contributed by atoms with E-state index in [0.29, 0.717) is 22.2 Å². The Morgan fingerprint density at radius 1 is 1.44 bits per heavy atom. The van der Waals surface area contributed by atoms with E-state index in [-0.39, 0.29) is 12.5 Å². The van der Waals surface area contributed by atoms with E-state index in [9.17, 15) is 9.59 Å². The standard InChI is InChI=1S/C11H17N3O3S/c1-4-5-12-8(15)6-13-11-14-7(2)9(18-11)10(16)17-3/h4-6H2,1-3H3,(H,12,15)(H,13,14). The number of hydrogen-bond donors (Lipinski definition) is 2. The third-order valence-corrected chi connectivity index (χ3v) is 3.23. The average molecular weight is 271 g/mol. The first kappa shape index (κ1) is 14.4. The van der Waals surface area contributed by atoms with Gasteiger partial charge in [0, 0.05) is 6.54 Å². The number of thiazole rings is 1. The molecule has 2 N–H and O–H groups in total. The molecule has 0 aliphatic rings. The van der Waals surface area contributed by atoms with Crippen molar-refractivity contribution < 1.29 is 14.3 Å². The lowest BCUT2D eigenvalue weighted by Crippen LogP contribution is -2.30. The van der Waals surface area contributed by atoms with Crippen LogP contribution in [-0.4, -0.2) is 37.1 Å². The zero-order chi connectivity index (χ0) is 13.5. The van der Waals surface area contributed by atoms with Crippen molar-refractivity contribution >= 4 is 28.3 Å². The van der Waals surface area contributed by atoms with Gasteiger partial charge in [-0.05, 0) is 13.3 Å². The number of anilines is 1. The monoisotopic (exact) mass is 271 g/mol. The second kappa shape index (κ2) is 6.95. The summed E-state index contributed by atoms with van der Waals surface area (Å²) in [6.45, 7) is 4.52. The van der Waals surface area contributed by atoms with Gasteiger partial charge in [-0.1, -0.05) is 18.3 Å². The maximum Gasteiger partial charge on any atom is 0.350 e. The maximum absolute atomic E-state index is 11.4. The second-order valence-corrected chi connectivity index (χ2v) is 4.63. The number of esters is 1. The molecular formula is C11H17N3O3S. The molecule has 1 heterocycles. The van der Waals surface area contributed by atoms with Gasteiger partial charge in [0.25, 0.3) is 0 Å². The van der Waals surface area contributed by atoms with Gasteiger partial charge in [0.05, 0.1) is 19.3 Å². The lowest BCUT2D eigenvalue weighted by Gasteiger charge is -2.03. The zero-order valence-electron chi connectivity index (χ0n) is 10.7. The first-order valence-corrected chi connectivity index (χ1v) is 6.46. The molecule has 6 nitrogen and oxygen atoms in total. The van der Waals surface area contributed by atoms with E-state index in [1.807, 2.05) is 6.92 Å². The summed E-state index contributed by atoms with van der Waals surface area (Å²) in [6.07, 6.45) is 0.897. The number of nitrogens with one attached hydrogen (secondary N) is 2. The highest BCUT2D eigenvalue weighted by atomic mass is 32.1. The van der Waals surface area contributed by atoms with E-state index >= 15 is 0 Å². The summed E-state index contributed by atoms with van der Waals surface area (Å²) in [5.41, 5.74) is 0.600. The summed E-state index contributed by atoms with van der Waals surface area (Å²) < 4.78 is 4.63. The summed E-state index contributed by atoms with van der Waals surface area (Å²) in [6, 6.07) is 0. The van der Waals surface area contributed by atoms with Gasteiger partial charge in [0.1, 0.15) is 4.88 Å². The van der Waals surface area contributed by atoms with E-state index in [4.69, 9.17) is 0 Å². The van der Waals surface area contributed by atoms with Crippen molar-refractivity contribution in [2.45, 2.75) is 20.3 Å². The highest BCUT2D eigenvalue weighted by molar-refractivity contribution is 7.17. The Morgan fingerprint density at radius 3 is 2.78 bits per heavy atom. The van der Waals surface area contributed by atoms with Gasteiger partial charge in [-0.25, -0.2) is 9.78 Å². The molecule has 0 bridgehead atoms. The summed E-state index contributed by atoms with van der Waals surface area (Å²) in [5.74, 6) is -0.502. The number of amides is 1. The lowest BCUT2D eigenvalue weighted by molar-refractivity contribution is -0.119. The van der Waals surface area contributed by atoms with Crippen molar-refractivity contribution in [2.24, 2.45) is 0 Å². The molecule has 7 heteroatoms. The fraction of sp³-hybridized carbons (Fsp3) is 0.545. The molecule has 0 spiro atoms.